The van der Waals surface area contributed by atoms with Crippen LogP contribution in [-0.2, 0) is 47.3 Å². The summed E-state index contributed by atoms with van der Waals surface area (Å²) >= 11 is 0. The van der Waals surface area contributed by atoms with Crippen LogP contribution in [0, 0.1) is 0 Å². The van der Waals surface area contributed by atoms with Gasteiger partial charge in [0.05, 0.1) is 0 Å². The third-order valence-corrected chi connectivity index (χ3v) is 0.877. The number of hydrogen-bond donors (Lipinski definition) is 1. The van der Waals surface area contributed by atoms with Crippen LogP contribution < -0.4 is 0 Å². The van der Waals surface area contributed by atoms with Crippen LogP contribution >= 0.6 is 0 Å². The van der Waals surface area contributed by atoms with Gasteiger partial charge < -0.3 is 11.0 Å². The maximum Gasteiger partial charge on any atom is 4.00 e. The molecular weight excluding hydrogens is 272 g/mol. The van der Waals surface area contributed by atoms with Gasteiger partial charge in [-0.25, -0.2) is 0 Å². The summed E-state index contributed by atoms with van der Waals surface area (Å²) in [4.78, 5) is 0. The maximum absolute atomic E-state index is 10.7. The molecule has 11 heavy (non-hydrogen) atoms. The van der Waals surface area contributed by atoms with Gasteiger partial charge in [0, 0.05) is 0 Å². The van der Waals surface area contributed by atoms with Crippen LogP contribution in [0.4, 0.5) is 13.2 Å². The standard InChI is InChI=1S/CHF3O3S.2O.Zr/c2-1(3,4)8(5,6)7;;;/h(H,5,6,7);;;/q;2*-2;+4. The molecule has 0 saturated carbocycles. The third kappa shape index (κ3) is 8.41. The van der Waals surface area contributed by atoms with Crippen molar-refractivity contribution < 1.29 is 63.3 Å². The molecule has 0 spiro atoms. The van der Waals surface area contributed by atoms with Gasteiger partial charge in [0.15, 0.2) is 0 Å². The first-order valence-electron chi connectivity index (χ1n) is 1.29. The summed E-state index contributed by atoms with van der Waals surface area (Å²) in [5.74, 6) is 0. The summed E-state index contributed by atoms with van der Waals surface area (Å²) in [5.41, 5.74) is -5.53. The molecule has 66 valence electrons. The van der Waals surface area contributed by atoms with Crippen molar-refractivity contribution in [1.29, 1.82) is 0 Å². The molecule has 0 bridgehead atoms. The minimum Gasteiger partial charge on any atom is -2.00 e. The Morgan fingerprint density at radius 2 is 1.18 bits per heavy atom. The van der Waals surface area contributed by atoms with Crippen molar-refractivity contribution in [2.45, 2.75) is 5.51 Å². The van der Waals surface area contributed by atoms with Crippen molar-refractivity contribution in [2.75, 3.05) is 0 Å². The number of rotatable bonds is 0. The molecule has 0 aliphatic carbocycles. The normalized spacial score (nSPS) is 10.2. The van der Waals surface area contributed by atoms with E-state index < -0.39 is 15.6 Å². The average Bonchev–Trinajstić information content (AvgIpc) is 1.25. The fourth-order valence-corrected chi connectivity index (χ4v) is 0. The Kier molecular flexibility index (Phi) is 12.4. The van der Waals surface area contributed by atoms with Gasteiger partial charge in [-0.15, -0.1) is 0 Å². The second-order valence-electron chi connectivity index (χ2n) is 0.921. The van der Waals surface area contributed by atoms with Crippen molar-refractivity contribution in [3.05, 3.63) is 0 Å². The molecule has 10 heteroatoms. The number of hydrogen-bond acceptors (Lipinski definition) is 2. The molecule has 0 radical (unpaired) electrons. The first-order chi connectivity index (χ1) is 3.25. The van der Waals surface area contributed by atoms with Crippen LogP contribution in [0.5, 0.6) is 0 Å². The van der Waals surface area contributed by atoms with Crippen molar-refractivity contribution in [3.8, 4) is 0 Å². The Morgan fingerprint density at radius 3 is 1.18 bits per heavy atom. The van der Waals surface area contributed by atoms with Crippen LogP contribution in [0.3, 0.4) is 0 Å². The van der Waals surface area contributed by atoms with Gasteiger partial charge in [0.2, 0.25) is 0 Å². The minimum absolute atomic E-state index is 0. The van der Waals surface area contributed by atoms with Gasteiger partial charge in [-0.3, -0.25) is 4.55 Å². The van der Waals surface area contributed by atoms with Crippen LogP contribution in [0.2, 0.25) is 0 Å². The Labute approximate surface area is 79.1 Å². The molecule has 0 aliphatic heterocycles. The van der Waals surface area contributed by atoms with Crippen LogP contribution in [0.1, 0.15) is 0 Å². The van der Waals surface area contributed by atoms with E-state index in [1.807, 2.05) is 0 Å². The van der Waals surface area contributed by atoms with E-state index in [0.29, 0.717) is 0 Å². The van der Waals surface area contributed by atoms with E-state index in [-0.39, 0.29) is 37.2 Å². The zero-order valence-corrected chi connectivity index (χ0v) is 7.90. The van der Waals surface area contributed by atoms with Gasteiger partial charge in [-0.2, -0.15) is 21.6 Å². The summed E-state index contributed by atoms with van der Waals surface area (Å²) in [5, 5.41) is 0. The molecule has 1 N–H and O–H groups in total. The maximum atomic E-state index is 10.7. The topological polar surface area (TPSA) is 111 Å². The monoisotopic (exact) mass is 272 g/mol. The van der Waals surface area contributed by atoms with Crippen LogP contribution in [0.25, 0.3) is 0 Å². The van der Waals surface area contributed by atoms with Crippen LogP contribution in [0.15, 0.2) is 0 Å². The SMILES string of the molecule is O=S(=O)(O)C(F)(F)F.[O-2].[O-2].[Zr+4]. The van der Waals surface area contributed by atoms with E-state index in [0.717, 1.165) is 0 Å². The largest absolute Gasteiger partial charge is 4.00 e. The molecular formula is CHF3O5SZr. The Balaban J connectivity index is -0.0000000817. The average molecular weight is 273 g/mol. The predicted octanol–water partition coefficient (Wildman–Crippen LogP) is 0.154. The molecule has 0 aromatic rings. The smallest absolute Gasteiger partial charge is 2.00 e. The van der Waals surface area contributed by atoms with Crippen molar-refractivity contribution >= 4 is 10.1 Å². The molecule has 0 heterocycles. The van der Waals surface area contributed by atoms with E-state index in [2.05, 4.69) is 0 Å². The third-order valence-electron chi connectivity index (χ3n) is 0.292. The van der Waals surface area contributed by atoms with Crippen molar-refractivity contribution in [1.82, 2.24) is 0 Å². The molecule has 0 unspecified atom stereocenters. The first kappa shape index (κ1) is 22.5. The van der Waals surface area contributed by atoms with E-state index in [9.17, 15) is 13.2 Å². The zero-order valence-electron chi connectivity index (χ0n) is 4.62. The van der Waals surface area contributed by atoms with Gasteiger partial charge in [-0.05, 0) is 0 Å². The summed E-state index contributed by atoms with van der Waals surface area (Å²) < 4.78 is 57.5. The Bertz CT molecular complexity index is 171. The predicted molar refractivity (Wildman–Crippen MR) is 19.0 cm³/mol. The number of halogens is 3. The second-order valence-corrected chi connectivity index (χ2v) is 2.33. The molecule has 0 aliphatic rings. The van der Waals surface area contributed by atoms with E-state index in [4.69, 9.17) is 13.0 Å². The summed E-state index contributed by atoms with van der Waals surface area (Å²) in [6.07, 6.45) is 0. The van der Waals surface area contributed by atoms with Gasteiger partial charge in [-0.1, -0.05) is 0 Å². The minimum atomic E-state index is -5.84. The van der Waals surface area contributed by atoms with Gasteiger partial charge in [0.1, 0.15) is 0 Å². The fourth-order valence-electron chi connectivity index (χ4n) is 0. The van der Waals surface area contributed by atoms with Crippen LogP contribution in [-0.4, -0.2) is 18.5 Å². The van der Waals surface area contributed by atoms with E-state index in [1.165, 1.54) is 0 Å². The van der Waals surface area contributed by atoms with E-state index >= 15 is 0 Å². The molecule has 0 amide bonds. The van der Waals surface area contributed by atoms with Gasteiger partial charge >= 0.3 is 41.8 Å². The Morgan fingerprint density at radius 1 is 1.09 bits per heavy atom. The fraction of sp³-hybridized carbons (Fsp3) is 1.00. The molecule has 0 aromatic carbocycles. The summed E-state index contributed by atoms with van der Waals surface area (Å²) in [7, 11) is -5.84. The van der Waals surface area contributed by atoms with E-state index in [1.54, 1.807) is 0 Å². The second kappa shape index (κ2) is 6.07. The molecule has 0 saturated heterocycles. The summed E-state index contributed by atoms with van der Waals surface area (Å²) in [6.45, 7) is 0. The molecule has 5 nitrogen and oxygen atoms in total. The molecule has 0 rings (SSSR count). The molecule has 0 fully saturated rings. The zero-order chi connectivity index (χ0) is 7.00. The number of alkyl halides is 3. The summed E-state index contributed by atoms with van der Waals surface area (Å²) in [6, 6.07) is 0. The first-order valence-corrected chi connectivity index (χ1v) is 2.73. The quantitative estimate of drug-likeness (QED) is 0.501. The molecule has 0 aromatic heterocycles. The van der Waals surface area contributed by atoms with Gasteiger partial charge in [0.25, 0.3) is 0 Å². The van der Waals surface area contributed by atoms with Crippen molar-refractivity contribution in [2.24, 2.45) is 0 Å². The molecule has 0 atom stereocenters. The van der Waals surface area contributed by atoms with Crippen molar-refractivity contribution in [3.63, 3.8) is 0 Å². The Hall–Kier alpha value is 0.503.